The number of benzene rings is 2. The Bertz CT molecular complexity index is 620. The summed E-state index contributed by atoms with van der Waals surface area (Å²) in [5, 5.41) is 9.23. The van der Waals surface area contributed by atoms with E-state index in [1.165, 1.54) is 6.07 Å². The zero-order valence-corrected chi connectivity index (χ0v) is 11.4. The molecule has 104 valence electrons. The summed E-state index contributed by atoms with van der Waals surface area (Å²) in [5.41, 5.74) is 0.896. The highest BCUT2D eigenvalue weighted by atomic mass is 16.5. The molecular weight excluding hydrogens is 256 g/mol. The molecule has 0 heterocycles. The Morgan fingerprint density at radius 1 is 1.10 bits per heavy atom. The third-order valence-electron chi connectivity index (χ3n) is 2.80. The van der Waals surface area contributed by atoms with E-state index < -0.39 is 5.97 Å². The van der Waals surface area contributed by atoms with Crippen molar-refractivity contribution in [1.29, 1.82) is 0 Å². The van der Waals surface area contributed by atoms with Gasteiger partial charge in [-0.2, -0.15) is 0 Å². The first-order valence-corrected chi connectivity index (χ1v) is 6.36. The number of carboxylic acid groups (broad SMARTS) is 1. The van der Waals surface area contributed by atoms with E-state index in [0.29, 0.717) is 23.9 Å². The summed E-state index contributed by atoms with van der Waals surface area (Å²) in [5.74, 6) is 0.422. The molecule has 2 aromatic carbocycles. The Kier molecular flexibility index (Phi) is 4.25. The summed E-state index contributed by atoms with van der Waals surface area (Å²) < 4.78 is 11.3. The number of hydrogen-bond acceptors (Lipinski definition) is 3. The molecule has 0 aliphatic carbocycles. The van der Waals surface area contributed by atoms with E-state index in [0.717, 1.165) is 5.56 Å². The predicted octanol–water partition coefficient (Wildman–Crippen LogP) is 3.88. The van der Waals surface area contributed by atoms with Crippen LogP contribution in [0.3, 0.4) is 0 Å². The van der Waals surface area contributed by atoms with Gasteiger partial charge in [-0.1, -0.05) is 24.3 Å². The van der Waals surface area contributed by atoms with Crippen LogP contribution in [0.1, 0.15) is 22.8 Å². The number of aryl methyl sites for hydroxylation is 1. The predicted molar refractivity (Wildman–Crippen MR) is 75.8 cm³/mol. The molecule has 0 bridgehead atoms. The summed E-state index contributed by atoms with van der Waals surface area (Å²) in [7, 11) is 0. The van der Waals surface area contributed by atoms with Crippen LogP contribution < -0.4 is 9.47 Å². The van der Waals surface area contributed by atoms with Crippen molar-refractivity contribution in [2.45, 2.75) is 13.8 Å². The SMILES string of the molecule is CCOc1ccccc1Oc1c(C)cccc1C(=O)O. The minimum Gasteiger partial charge on any atom is -0.490 e. The van der Waals surface area contributed by atoms with E-state index in [9.17, 15) is 9.90 Å². The third kappa shape index (κ3) is 2.91. The second-order valence-electron chi connectivity index (χ2n) is 4.24. The van der Waals surface area contributed by atoms with Crippen LogP contribution in [0.2, 0.25) is 0 Å². The molecule has 0 aromatic heterocycles. The van der Waals surface area contributed by atoms with Crippen LogP contribution >= 0.6 is 0 Å². The fraction of sp³-hybridized carbons (Fsp3) is 0.188. The van der Waals surface area contributed by atoms with Crippen molar-refractivity contribution in [1.82, 2.24) is 0 Å². The van der Waals surface area contributed by atoms with Crippen LogP contribution in [0.4, 0.5) is 0 Å². The zero-order chi connectivity index (χ0) is 14.5. The largest absolute Gasteiger partial charge is 0.490 e. The molecule has 0 radical (unpaired) electrons. The van der Waals surface area contributed by atoms with Gasteiger partial charge in [-0.15, -0.1) is 0 Å². The summed E-state index contributed by atoms with van der Waals surface area (Å²) in [6.45, 7) is 4.21. The summed E-state index contributed by atoms with van der Waals surface area (Å²) in [6, 6.07) is 12.2. The van der Waals surface area contributed by atoms with Crippen molar-refractivity contribution in [3.63, 3.8) is 0 Å². The Morgan fingerprint density at radius 3 is 2.45 bits per heavy atom. The maximum atomic E-state index is 11.3. The molecule has 4 nitrogen and oxygen atoms in total. The lowest BCUT2D eigenvalue weighted by Gasteiger charge is -2.14. The highest BCUT2D eigenvalue weighted by molar-refractivity contribution is 5.91. The average Bonchev–Trinajstić information content (AvgIpc) is 2.43. The minimum atomic E-state index is -1.02. The summed E-state index contributed by atoms with van der Waals surface area (Å²) >= 11 is 0. The summed E-state index contributed by atoms with van der Waals surface area (Å²) in [4.78, 5) is 11.3. The molecule has 0 aliphatic heterocycles. The maximum absolute atomic E-state index is 11.3. The van der Waals surface area contributed by atoms with Gasteiger partial charge in [-0.3, -0.25) is 0 Å². The highest BCUT2D eigenvalue weighted by Gasteiger charge is 2.15. The first-order chi connectivity index (χ1) is 9.63. The van der Waals surface area contributed by atoms with Crippen LogP contribution in [0.5, 0.6) is 17.2 Å². The van der Waals surface area contributed by atoms with Crippen LogP contribution in [0, 0.1) is 6.92 Å². The molecule has 20 heavy (non-hydrogen) atoms. The second-order valence-corrected chi connectivity index (χ2v) is 4.24. The molecule has 0 unspecified atom stereocenters. The monoisotopic (exact) mass is 272 g/mol. The lowest BCUT2D eigenvalue weighted by atomic mass is 10.1. The van der Waals surface area contributed by atoms with Gasteiger partial charge in [0, 0.05) is 0 Å². The Labute approximate surface area is 117 Å². The first-order valence-electron chi connectivity index (χ1n) is 6.36. The zero-order valence-electron chi connectivity index (χ0n) is 11.4. The lowest BCUT2D eigenvalue weighted by molar-refractivity contribution is 0.0694. The Hall–Kier alpha value is -2.49. The van der Waals surface area contributed by atoms with Crippen molar-refractivity contribution >= 4 is 5.97 Å². The van der Waals surface area contributed by atoms with Gasteiger partial charge in [0.05, 0.1) is 6.61 Å². The van der Waals surface area contributed by atoms with Crippen LogP contribution in [-0.4, -0.2) is 17.7 Å². The van der Waals surface area contributed by atoms with E-state index in [1.54, 1.807) is 18.2 Å². The molecule has 0 saturated carbocycles. The molecule has 0 fully saturated rings. The smallest absolute Gasteiger partial charge is 0.339 e. The topological polar surface area (TPSA) is 55.8 Å². The molecule has 0 saturated heterocycles. The molecule has 2 aromatic rings. The van der Waals surface area contributed by atoms with Gasteiger partial charge in [0.1, 0.15) is 11.3 Å². The van der Waals surface area contributed by atoms with Gasteiger partial charge in [0.2, 0.25) is 0 Å². The Balaban J connectivity index is 2.42. The molecule has 2 rings (SSSR count). The summed E-state index contributed by atoms with van der Waals surface area (Å²) in [6.07, 6.45) is 0. The fourth-order valence-electron chi connectivity index (χ4n) is 1.88. The van der Waals surface area contributed by atoms with Crippen molar-refractivity contribution < 1.29 is 19.4 Å². The standard InChI is InChI=1S/C16H16O4/c1-3-19-13-9-4-5-10-14(13)20-15-11(2)7-6-8-12(15)16(17)18/h4-10H,3H2,1-2H3,(H,17,18). The molecule has 0 aliphatic rings. The first kappa shape index (κ1) is 13.9. The van der Waals surface area contributed by atoms with E-state index >= 15 is 0 Å². The van der Waals surface area contributed by atoms with E-state index in [2.05, 4.69) is 0 Å². The number of hydrogen-bond donors (Lipinski definition) is 1. The van der Waals surface area contributed by atoms with Gasteiger partial charge in [0.25, 0.3) is 0 Å². The lowest BCUT2D eigenvalue weighted by Crippen LogP contribution is -2.02. The number of carboxylic acids is 1. The van der Waals surface area contributed by atoms with Crippen molar-refractivity contribution in [2.24, 2.45) is 0 Å². The molecule has 1 N–H and O–H groups in total. The minimum absolute atomic E-state index is 0.135. The van der Waals surface area contributed by atoms with Gasteiger partial charge in [-0.25, -0.2) is 4.79 Å². The number of rotatable bonds is 5. The van der Waals surface area contributed by atoms with Gasteiger partial charge < -0.3 is 14.6 Å². The maximum Gasteiger partial charge on any atom is 0.339 e. The number of para-hydroxylation sites is 3. The second kappa shape index (κ2) is 6.10. The number of ether oxygens (including phenoxy) is 2. The highest BCUT2D eigenvalue weighted by Crippen LogP contribution is 2.34. The van der Waals surface area contributed by atoms with E-state index in [-0.39, 0.29) is 5.56 Å². The number of carbonyl (C=O) groups is 1. The van der Waals surface area contributed by atoms with Crippen molar-refractivity contribution in [2.75, 3.05) is 6.61 Å². The van der Waals surface area contributed by atoms with Crippen molar-refractivity contribution in [3.8, 4) is 17.2 Å². The molecule has 0 spiro atoms. The van der Waals surface area contributed by atoms with E-state index in [1.807, 2.05) is 32.0 Å². The van der Waals surface area contributed by atoms with Crippen LogP contribution in [-0.2, 0) is 0 Å². The Morgan fingerprint density at radius 2 is 1.80 bits per heavy atom. The molecule has 4 heteroatoms. The van der Waals surface area contributed by atoms with Gasteiger partial charge >= 0.3 is 5.97 Å². The van der Waals surface area contributed by atoms with Gasteiger partial charge in [-0.05, 0) is 37.6 Å². The fourth-order valence-corrected chi connectivity index (χ4v) is 1.88. The van der Waals surface area contributed by atoms with Crippen molar-refractivity contribution in [3.05, 3.63) is 53.6 Å². The quantitative estimate of drug-likeness (QED) is 0.897. The molecule has 0 atom stereocenters. The third-order valence-corrected chi connectivity index (χ3v) is 2.80. The normalized spacial score (nSPS) is 10.1. The average molecular weight is 272 g/mol. The van der Waals surface area contributed by atoms with E-state index in [4.69, 9.17) is 9.47 Å². The van der Waals surface area contributed by atoms with Gasteiger partial charge in [0.15, 0.2) is 11.5 Å². The van der Waals surface area contributed by atoms with Crippen LogP contribution in [0.15, 0.2) is 42.5 Å². The van der Waals surface area contributed by atoms with Crippen LogP contribution in [0.25, 0.3) is 0 Å². The molecular formula is C16H16O4. The molecule has 0 amide bonds. The number of aromatic carboxylic acids is 1.